The number of rotatable bonds is 3. The zero-order valence-corrected chi connectivity index (χ0v) is 9.77. The monoisotopic (exact) mass is 237 g/mol. The molecule has 17 heavy (non-hydrogen) atoms. The normalized spacial score (nSPS) is 23.0. The smallest absolute Gasteiger partial charge is 0.253 e. The van der Waals surface area contributed by atoms with E-state index in [4.69, 9.17) is 0 Å². The first-order valence-electron chi connectivity index (χ1n) is 5.75. The summed E-state index contributed by atoms with van der Waals surface area (Å²) in [6, 6.07) is 5.55. The number of aliphatic hydroxyl groups excluding tert-OH is 1. The summed E-state index contributed by atoms with van der Waals surface area (Å²) < 4.78 is 12.7. The Labute approximate surface area is 99.9 Å². The molecule has 0 spiro atoms. The molecular formula is C13H16FNO2. The Morgan fingerprint density at radius 1 is 1.41 bits per heavy atom. The van der Waals surface area contributed by atoms with Gasteiger partial charge in [0.25, 0.3) is 5.91 Å². The minimum Gasteiger partial charge on any atom is -0.393 e. The molecule has 4 heteroatoms. The number of amides is 1. The Morgan fingerprint density at radius 2 is 2.00 bits per heavy atom. The molecule has 0 atom stereocenters. The summed E-state index contributed by atoms with van der Waals surface area (Å²) in [5, 5.41) is 9.17. The van der Waals surface area contributed by atoms with Gasteiger partial charge in [-0.1, -0.05) is 0 Å². The molecule has 1 amide bonds. The van der Waals surface area contributed by atoms with E-state index in [9.17, 15) is 14.3 Å². The lowest BCUT2D eigenvalue weighted by molar-refractivity contribution is 0.0265. The highest BCUT2D eigenvalue weighted by Gasteiger charge is 2.29. The molecule has 1 N–H and O–H groups in total. The molecule has 2 rings (SSSR count). The Kier molecular flexibility index (Phi) is 3.43. The van der Waals surface area contributed by atoms with Crippen molar-refractivity contribution in [2.45, 2.75) is 18.9 Å². The fourth-order valence-corrected chi connectivity index (χ4v) is 2.13. The maximum atomic E-state index is 12.7. The molecule has 0 aliphatic heterocycles. The molecule has 1 saturated carbocycles. The van der Waals surface area contributed by atoms with Crippen LogP contribution >= 0.6 is 0 Å². The number of nitrogens with zero attached hydrogens (tertiary/aromatic N) is 1. The van der Waals surface area contributed by atoms with Gasteiger partial charge in [-0.15, -0.1) is 0 Å². The van der Waals surface area contributed by atoms with Crippen LogP contribution in [0, 0.1) is 11.7 Å². The molecule has 0 bridgehead atoms. The van der Waals surface area contributed by atoms with E-state index in [0.717, 1.165) is 12.8 Å². The molecule has 3 nitrogen and oxygen atoms in total. The van der Waals surface area contributed by atoms with Gasteiger partial charge in [-0.25, -0.2) is 4.39 Å². The fraction of sp³-hybridized carbons (Fsp3) is 0.462. The molecule has 1 aromatic rings. The number of carbonyl (C=O) groups is 1. The number of halogens is 1. The average Bonchev–Trinajstić information content (AvgIpc) is 2.27. The molecule has 0 heterocycles. The van der Waals surface area contributed by atoms with Gasteiger partial charge in [0, 0.05) is 19.2 Å². The summed E-state index contributed by atoms with van der Waals surface area (Å²) >= 11 is 0. The van der Waals surface area contributed by atoms with Crippen LogP contribution in [-0.4, -0.2) is 35.6 Å². The summed E-state index contributed by atoms with van der Waals surface area (Å²) in [5.74, 6) is -0.0582. The first-order chi connectivity index (χ1) is 8.06. The topological polar surface area (TPSA) is 40.5 Å². The van der Waals surface area contributed by atoms with Gasteiger partial charge >= 0.3 is 0 Å². The van der Waals surface area contributed by atoms with E-state index >= 15 is 0 Å². The van der Waals surface area contributed by atoms with Crippen LogP contribution in [-0.2, 0) is 0 Å². The van der Waals surface area contributed by atoms with E-state index in [1.807, 2.05) is 0 Å². The van der Waals surface area contributed by atoms with Crippen LogP contribution in [0.4, 0.5) is 4.39 Å². The zero-order valence-electron chi connectivity index (χ0n) is 9.77. The lowest BCUT2D eigenvalue weighted by Crippen LogP contribution is -2.39. The van der Waals surface area contributed by atoms with Gasteiger partial charge in [0.05, 0.1) is 6.10 Å². The van der Waals surface area contributed by atoms with E-state index in [2.05, 4.69) is 0 Å². The van der Waals surface area contributed by atoms with Crippen LogP contribution in [0.1, 0.15) is 23.2 Å². The van der Waals surface area contributed by atoms with Gasteiger partial charge in [0.2, 0.25) is 0 Å². The third-order valence-electron chi connectivity index (χ3n) is 3.18. The number of aliphatic hydroxyl groups is 1. The first-order valence-corrected chi connectivity index (χ1v) is 5.75. The van der Waals surface area contributed by atoms with Crippen molar-refractivity contribution >= 4 is 5.91 Å². The van der Waals surface area contributed by atoms with Crippen LogP contribution in [0.5, 0.6) is 0 Å². The molecule has 0 unspecified atom stereocenters. The van der Waals surface area contributed by atoms with Crippen molar-refractivity contribution < 1.29 is 14.3 Å². The summed E-state index contributed by atoms with van der Waals surface area (Å²) in [4.78, 5) is 13.6. The van der Waals surface area contributed by atoms with Crippen molar-refractivity contribution in [3.63, 3.8) is 0 Å². The van der Waals surface area contributed by atoms with Crippen molar-refractivity contribution in [2.24, 2.45) is 5.92 Å². The third-order valence-corrected chi connectivity index (χ3v) is 3.18. The van der Waals surface area contributed by atoms with E-state index in [1.165, 1.54) is 24.3 Å². The minimum atomic E-state index is -0.341. The van der Waals surface area contributed by atoms with E-state index < -0.39 is 0 Å². The largest absolute Gasteiger partial charge is 0.393 e. The van der Waals surface area contributed by atoms with Gasteiger partial charge in [0.1, 0.15) is 5.82 Å². The standard InChI is InChI=1S/C13H16FNO2/c1-15(8-9-6-12(16)7-9)13(17)10-2-4-11(14)5-3-10/h2-5,9,12,16H,6-8H2,1H3. The predicted molar refractivity (Wildman–Crippen MR) is 62.1 cm³/mol. The first kappa shape index (κ1) is 12.0. The second-order valence-electron chi connectivity index (χ2n) is 4.68. The molecule has 0 aromatic heterocycles. The van der Waals surface area contributed by atoms with Crippen LogP contribution in [0.15, 0.2) is 24.3 Å². The predicted octanol–water partition coefficient (Wildman–Crippen LogP) is 1.67. The summed E-state index contributed by atoms with van der Waals surface area (Å²) in [5.41, 5.74) is 0.494. The van der Waals surface area contributed by atoms with E-state index in [-0.39, 0.29) is 17.8 Å². The van der Waals surface area contributed by atoms with Crippen molar-refractivity contribution in [3.8, 4) is 0 Å². The van der Waals surface area contributed by atoms with Crippen molar-refractivity contribution in [1.29, 1.82) is 0 Å². The Bertz CT molecular complexity index is 398. The van der Waals surface area contributed by atoms with E-state index in [0.29, 0.717) is 18.0 Å². The Hall–Kier alpha value is -1.42. The van der Waals surface area contributed by atoms with Crippen LogP contribution < -0.4 is 0 Å². The van der Waals surface area contributed by atoms with Crippen LogP contribution in [0.25, 0.3) is 0 Å². The minimum absolute atomic E-state index is 0.105. The van der Waals surface area contributed by atoms with Gasteiger partial charge in [0.15, 0.2) is 0 Å². The Morgan fingerprint density at radius 3 is 2.53 bits per heavy atom. The molecule has 1 aromatic carbocycles. The third kappa shape index (κ3) is 2.82. The van der Waals surface area contributed by atoms with Crippen molar-refractivity contribution in [2.75, 3.05) is 13.6 Å². The highest BCUT2D eigenvalue weighted by Crippen LogP contribution is 2.27. The summed E-state index contributed by atoms with van der Waals surface area (Å²) in [7, 11) is 1.73. The van der Waals surface area contributed by atoms with Crippen molar-refractivity contribution in [3.05, 3.63) is 35.6 Å². The molecule has 1 aliphatic carbocycles. The molecule has 1 fully saturated rings. The number of hydrogen-bond acceptors (Lipinski definition) is 2. The number of hydrogen-bond donors (Lipinski definition) is 1. The lowest BCUT2D eigenvalue weighted by atomic mass is 9.82. The quantitative estimate of drug-likeness (QED) is 0.868. The second kappa shape index (κ2) is 4.84. The number of benzene rings is 1. The molecule has 1 aliphatic rings. The zero-order chi connectivity index (χ0) is 12.4. The Balaban J connectivity index is 1.92. The molecule has 92 valence electrons. The highest BCUT2D eigenvalue weighted by molar-refractivity contribution is 5.94. The molecule has 0 radical (unpaired) electrons. The fourth-order valence-electron chi connectivity index (χ4n) is 2.13. The summed E-state index contributed by atoms with van der Waals surface area (Å²) in [6.45, 7) is 0.646. The van der Waals surface area contributed by atoms with Crippen molar-refractivity contribution in [1.82, 2.24) is 4.90 Å². The highest BCUT2D eigenvalue weighted by atomic mass is 19.1. The number of carbonyl (C=O) groups excluding carboxylic acids is 1. The maximum Gasteiger partial charge on any atom is 0.253 e. The van der Waals surface area contributed by atoms with Gasteiger partial charge < -0.3 is 10.0 Å². The molecule has 0 saturated heterocycles. The summed E-state index contributed by atoms with van der Waals surface area (Å²) in [6.07, 6.45) is 1.33. The van der Waals surface area contributed by atoms with Gasteiger partial charge in [-0.05, 0) is 43.0 Å². The van der Waals surface area contributed by atoms with Gasteiger partial charge in [-0.2, -0.15) is 0 Å². The van der Waals surface area contributed by atoms with E-state index in [1.54, 1.807) is 11.9 Å². The van der Waals surface area contributed by atoms with Crippen LogP contribution in [0.2, 0.25) is 0 Å². The molecular weight excluding hydrogens is 221 g/mol. The van der Waals surface area contributed by atoms with Crippen LogP contribution in [0.3, 0.4) is 0 Å². The SMILES string of the molecule is CN(CC1CC(O)C1)C(=O)c1ccc(F)cc1. The second-order valence-corrected chi connectivity index (χ2v) is 4.68. The maximum absolute atomic E-state index is 12.7. The average molecular weight is 237 g/mol. The van der Waals surface area contributed by atoms with Gasteiger partial charge in [-0.3, -0.25) is 4.79 Å². The lowest BCUT2D eigenvalue weighted by Gasteiger charge is -2.34.